The average Bonchev–Trinajstić information content (AvgIpc) is 3.10. The van der Waals surface area contributed by atoms with Crippen molar-refractivity contribution in [2.75, 3.05) is 0 Å². The van der Waals surface area contributed by atoms with E-state index in [0.717, 1.165) is 38.5 Å². The fourth-order valence-corrected chi connectivity index (χ4v) is 13.7. The van der Waals surface area contributed by atoms with Gasteiger partial charge in [-0.25, -0.2) is 4.79 Å². The monoisotopic (exact) mass is 794 g/mol. The molecule has 4 saturated carbocycles. The number of carboxylic acids is 2. The van der Waals surface area contributed by atoms with E-state index in [0.29, 0.717) is 19.3 Å². The predicted octanol–water partition coefficient (Wildman–Crippen LogP) is 2.97. The largest absolute Gasteiger partial charge is 0.481 e. The molecule has 56 heavy (non-hydrogen) atoms. The summed E-state index contributed by atoms with van der Waals surface area (Å²) >= 11 is 0. The summed E-state index contributed by atoms with van der Waals surface area (Å²) in [5, 5.41) is 86.2. The summed E-state index contributed by atoms with van der Waals surface area (Å²) in [7, 11) is 0. The van der Waals surface area contributed by atoms with E-state index in [9.17, 15) is 50.4 Å². The number of hydrogen-bond donors (Lipinski definition) is 8. The van der Waals surface area contributed by atoms with E-state index in [1.165, 1.54) is 12.5 Å². The van der Waals surface area contributed by atoms with Crippen molar-refractivity contribution in [3.63, 3.8) is 0 Å². The molecule has 7 rings (SSSR count). The van der Waals surface area contributed by atoms with E-state index in [1.807, 2.05) is 0 Å². The van der Waals surface area contributed by atoms with Crippen molar-refractivity contribution in [3.05, 3.63) is 11.6 Å². The maximum atomic E-state index is 13.1. The number of carbonyl (C=O) groups is 2. The van der Waals surface area contributed by atoms with E-state index >= 15 is 0 Å². The molecule has 0 unspecified atom stereocenters. The summed E-state index contributed by atoms with van der Waals surface area (Å²) in [6.07, 6.45) is -8.91. The minimum Gasteiger partial charge on any atom is -0.481 e. The number of aliphatic hydroxyl groups is 6. The number of fused-ring (bicyclic) bond motifs is 7. The summed E-state index contributed by atoms with van der Waals surface area (Å²) < 4.78 is 23.5. The fourth-order valence-electron chi connectivity index (χ4n) is 13.7. The molecule has 0 spiro atoms. The van der Waals surface area contributed by atoms with Crippen molar-refractivity contribution in [3.8, 4) is 0 Å². The zero-order valence-corrected chi connectivity index (χ0v) is 34.1. The van der Waals surface area contributed by atoms with Crippen LogP contribution in [0.3, 0.4) is 0 Å². The highest BCUT2D eigenvalue weighted by molar-refractivity contribution is 5.77. The van der Waals surface area contributed by atoms with E-state index in [-0.39, 0.29) is 34.0 Å². The normalized spacial score (nSPS) is 53.7. The summed E-state index contributed by atoms with van der Waals surface area (Å²) in [6, 6.07) is 0. The second kappa shape index (κ2) is 13.9. The number of rotatable bonds is 6. The Morgan fingerprint density at radius 1 is 0.732 bits per heavy atom. The van der Waals surface area contributed by atoms with Crippen LogP contribution in [0.2, 0.25) is 0 Å². The van der Waals surface area contributed by atoms with Gasteiger partial charge in [-0.15, -0.1) is 0 Å². The lowest BCUT2D eigenvalue weighted by Gasteiger charge is -2.71. The second-order valence-electron chi connectivity index (χ2n) is 20.8. The van der Waals surface area contributed by atoms with Crippen molar-refractivity contribution < 1.29 is 69.4 Å². The van der Waals surface area contributed by atoms with E-state index < -0.39 is 102 Å². The number of hydrogen-bond acceptors (Lipinski definition) is 12. The molecule has 318 valence electrons. The summed E-state index contributed by atoms with van der Waals surface area (Å²) in [4.78, 5) is 25.6. The molecule has 14 nitrogen and oxygen atoms in total. The molecule has 2 saturated heterocycles. The van der Waals surface area contributed by atoms with Crippen LogP contribution in [0.25, 0.3) is 0 Å². The van der Waals surface area contributed by atoms with Gasteiger partial charge in [0.05, 0.1) is 18.3 Å². The second-order valence-corrected chi connectivity index (χ2v) is 20.8. The van der Waals surface area contributed by atoms with Crippen molar-refractivity contribution in [2.45, 2.75) is 187 Å². The Morgan fingerprint density at radius 2 is 1.38 bits per heavy atom. The van der Waals surface area contributed by atoms with Crippen LogP contribution in [0.1, 0.15) is 113 Å². The standard InChI is InChI=1S/C42H66O14/c1-19-26(44)27(45)29(47)34(53-19)55-31-28(46)30(48)35(56-32(31)33(49)50)54-25-12-13-39(6)22(38(25,4)5)11-14-40(7)23(39)10-9-20-21-17-37(2,3)15-16-42(21,36(51)52)24(43)18-41(20,40)8/h9,19,21-32,34-35,43-48H,10-18H2,1-8H3,(H,49,50)(H,51,52)/t19-,21-,22-,23+,24+,25-,26-,27+,28+,29+,30+,31-,32-,34-,35+,39-,40+,41+,42+/m0/s1. The summed E-state index contributed by atoms with van der Waals surface area (Å²) in [5.41, 5.74) is -1.24. The highest BCUT2D eigenvalue weighted by Crippen LogP contribution is 2.76. The van der Waals surface area contributed by atoms with Gasteiger partial charge in [-0.3, -0.25) is 4.79 Å². The van der Waals surface area contributed by atoms with Gasteiger partial charge in [-0.05, 0) is 110 Å². The molecule has 2 heterocycles. The van der Waals surface area contributed by atoms with Gasteiger partial charge in [0, 0.05) is 0 Å². The Balaban J connectivity index is 1.11. The van der Waals surface area contributed by atoms with Gasteiger partial charge < -0.3 is 59.8 Å². The first-order valence-corrected chi connectivity index (χ1v) is 20.7. The molecule has 8 N–H and O–H groups in total. The van der Waals surface area contributed by atoms with Gasteiger partial charge in [0.2, 0.25) is 0 Å². The number of aliphatic hydroxyl groups excluding tert-OH is 6. The maximum Gasteiger partial charge on any atom is 0.335 e. The van der Waals surface area contributed by atoms with Crippen LogP contribution >= 0.6 is 0 Å². The molecule has 0 aromatic carbocycles. The first kappa shape index (κ1) is 42.4. The smallest absolute Gasteiger partial charge is 0.335 e. The molecular formula is C42H66O14. The lowest BCUT2D eigenvalue weighted by atomic mass is 9.33. The van der Waals surface area contributed by atoms with Crippen LogP contribution in [-0.2, 0) is 28.5 Å². The Bertz CT molecular complexity index is 1580. The molecule has 7 aliphatic rings. The number of aliphatic carboxylic acids is 2. The molecule has 0 aromatic heterocycles. The van der Waals surface area contributed by atoms with Gasteiger partial charge in [-0.2, -0.15) is 0 Å². The molecule has 14 heteroatoms. The van der Waals surface area contributed by atoms with Gasteiger partial charge in [0.25, 0.3) is 0 Å². The Labute approximate surface area is 329 Å². The minimum atomic E-state index is -1.83. The SMILES string of the molecule is C[C@@H]1O[C@@H](O[C@H]2[C@H](O)[C@@H](O)[C@H](O[C@H]3CC[C@]4(C)[C@H]5CC=C6[C@@H]7CC(C)(C)CC[C@]7(C(=O)O)[C@H](O)C[C@@]6(C)[C@]5(C)CC[C@H]4C3(C)C)O[C@@H]2C(=O)O)[C@H](O)[C@H](O)[C@H]1O. The quantitative estimate of drug-likeness (QED) is 0.143. The van der Waals surface area contributed by atoms with Gasteiger partial charge >= 0.3 is 11.9 Å². The predicted molar refractivity (Wildman–Crippen MR) is 198 cm³/mol. The zero-order valence-electron chi connectivity index (χ0n) is 34.1. The van der Waals surface area contributed by atoms with Crippen LogP contribution < -0.4 is 0 Å². The lowest BCUT2D eigenvalue weighted by molar-refractivity contribution is -0.361. The van der Waals surface area contributed by atoms with Crippen LogP contribution in [0.5, 0.6) is 0 Å². The van der Waals surface area contributed by atoms with E-state index in [2.05, 4.69) is 54.5 Å². The molecule has 0 bridgehead atoms. The highest BCUT2D eigenvalue weighted by Gasteiger charge is 2.71. The zero-order chi connectivity index (χ0) is 41.3. The maximum absolute atomic E-state index is 13.1. The molecular weight excluding hydrogens is 728 g/mol. The molecule has 0 aromatic rings. The van der Waals surface area contributed by atoms with E-state index in [1.54, 1.807) is 0 Å². The van der Waals surface area contributed by atoms with Crippen LogP contribution in [-0.4, -0.2) is 126 Å². The van der Waals surface area contributed by atoms with Gasteiger partial charge in [-0.1, -0.05) is 60.1 Å². The van der Waals surface area contributed by atoms with Gasteiger partial charge in [0.1, 0.15) is 42.0 Å². The average molecular weight is 795 g/mol. The molecule has 6 fully saturated rings. The first-order valence-electron chi connectivity index (χ1n) is 20.7. The number of allylic oxidation sites excluding steroid dienone is 2. The minimum absolute atomic E-state index is 0.0324. The number of ether oxygens (including phenoxy) is 4. The lowest BCUT2D eigenvalue weighted by Crippen LogP contribution is -2.68. The van der Waals surface area contributed by atoms with Crippen molar-refractivity contribution in [1.29, 1.82) is 0 Å². The third-order valence-corrected chi connectivity index (χ3v) is 17.2. The molecule has 2 aliphatic heterocycles. The van der Waals surface area contributed by atoms with Crippen LogP contribution in [0.15, 0.2) is 11.6 Å². The summed E-state index contributed by atoms with van der Waals surface area (Å²) in [6.45, 7) is 17.1. The molecule has 0 radical (unpaired) electrons. The highest BCUT2D eigenvalue weighted by atomic mass is 16.7. The third kappa shape index (κ3) is 6.01. The first-order chi connectivity index (χ1) is 25.9. The Hall–Kier alpha value is -1.72. The Kier molecular flexibility index (Phi) is 10.5. The fraction of sp³-hybridized carbons (Fsp3) is 0.905. The summed E-state index contributed by atoms with van der Waals surface area (Å²) in [5.74, 6) is -2.24. The third-order valence-electron chi connectivity index (χ3n) is 17.2. The topological polar surface area (TPSA) is 233 Å². The molecule has 5 aliphatic carbocycles. The van der Waals surface area contributed by atoms with Crippen molar-refractivity contribution >= 4 is 11.9 Å². The molecule has 0 amide bonds. The molecule has 19 atom stereocenters. The van der Waals surface area contributed by atoms with E-state index in [4.69, 9.17) is 18.9 Å². The van der Waals surface area contributed by atoms with Crippen molar-refractivity contribution in [1.82, 2.24) is 0 Å². The van der Waals surface area contributed by atoms with Gasteiger partial charge in [0.15, 0.2) is 18.7 Å². The Morgan fingerprint density at radius 3 is 2.02 bits per heavy atom. The van der Waals surface area contributed by atoms with Crippen LogP contribution in [0.4, 0.5) is 0 Å². The number of carboxylic acid groups (broad SMARTS) is 2. The van der Waals surface area contributed by atoms with Crippen LogP contribution in [0, 0.1) is 50.2 Å². The van der Waals surface area contributed by atoms with Crippen molar-refractivity contribution in [2.24, 2.45) is 50.2 Å².